The van der Waals surface area contributed by atoms with E-state index in [0.717, 1.165) is 0 Å². The molecule has 0 saturated carbocycles. The predicted octanol–water partition coefficient (Wildman–Crippen LogP) is 3.19. The van der Waals surface area contributed by atoms with Crippen molar-refractivity contribution in [2.24, 2.45) is 10.00 Å². The SMILES string of the molecule is CN=N[PH](Cl)(Cl)Cl. The molecule has 0 unspecified atom stereocenters. The van der Waals surface area contributed by atoms with Crippen molar-refractivity contribution in [3.63, 3.8) is 0 Å². The summed E-state index contributed by atoms with van der Waals surface area (Å²) in [5.41, 5.74) is -2.78. The van der Waals surface area contributed by atoms with Gasteiger partial charge in [0, 0.05) is 0 Å². The fraction of sp³-hybridized carbons (Fsp3) is 1.00. The van der Waals surface area contributed by atoms with Gasteiger partial charge in [-0.25, -0.2) is 0 Å². The quantitative estimate of drug-likeness (QED) is 0.438. The molecule has 0 amide bonds. The molecule has 0 atom stereocenters. The van der Waals surface area contributed by atoms with E-state index in [1.54, 1.807) is 0 Å². The third kappa shape index (κ3) is 6.90. The van der Waals surface area contributed by atoms with Crippen molar-refractivity contribution in [1.82, 2.24) is 0 Å². The topological polar surface area (TPSA) is 24.7 Å². The van der Waals surface area contributed by atoms with Crippen LogP contribution in [0.4, 0.5) is 0 Å². The minimum atomic E-state index is -2.78. The summed E-state index contributed by atoms with van der Waals surface area (Å²) in [5.74, 6) is 0. The summed E-state index contributed by atoms with van der Waals surface area (Å²) < 4.78 is 0. The molecule has 44 valence electrons. The van der Waals surface area contributed by atoms with Gasteiger partial charge in [-0.2, -0.15) is 0 Å². The summed E-state index contributed by atoms with van der Waals surface area (Å²) in [6.07, 6.45) is 0. The van der Waals surface area contributed by atoms with Gasteiger partial charge in [0.2, 0.25) is 0 Å². The second-order valence-electron chi connectivity index (χ2n) is 0.768. The summed E-state index contributed by atoms with van der Waals surface area (Å²) in [6, 6.07) is 0. The Bertz CT molecular complexity index is 75.5. The molecule has 0 spiro atoms. The maximum absolute atomic E-state index is 5.24. The number of hydrogen-bond donors (Lipinski definition) is 0. The normalized spacial score (nSPS) is 15.4. The van der Waals surface area contributed by atoms with Crippen molar-refractivity contribution in [3.05, 3.63) is 0 Å². The maximum atomic E-state index is 5.24. The van der Waals surface area contributed by atoms with Gasteiger partial charge in [0.05, 0.1) is 0 Å². The van der Waals surface area contributed by atoms with E-state index in [-0.39, 0.29) is 0 Å². The Morgan fingerprint density at radius 1 is 1.29 bits per heavy atom. The Labute approximate surface area is 56.6 Å². The fourth-order valence-electron chi connectivity index (χ4n) is 0.113. The van der Waals surface area contributed by atoms with Gasteiger partial charge in [-0.1, -0.05) is 0 Å². The average Bonchev–Trinajstić information content (AvgIpc) is 1.30. The van der Waals surface area contributed by atoms with Crippen molar-refractivity contribution in [2.75, 3.05) is 7.05 Å². The van der Waals surface area contributed by atoms with E-state index in [2.05, 4.69) is 10.00 Å². The predicted molar refractivity (Wildman–Crippen MR) is 36.7 cm³/mol. The zero-order valence-corrected chi connectivity index (χ0v) is 6.80. The van der Waals surface area contributed by atoms with Crippen LogP contribution in [0.15, 0.2) is 10.00 Å². The van der Waals surface area contributed by atoms with Crippen LogP contribution in [0.25, 0.3) is 0 Å². The van der Waals surface area contributed by atoms with Gasteiger partial charge in [0.25, 0.3) is 0 Å². The van der Waals surface area contributed by atoms with E-state index < -0.39 is 5.47 Å². The van der Waals surface area contributed by atoms with Gasteiger partial charge in [0.1, 0.15) is 0 Å². The zero-order chi connectivity index (χ0) is 5.91. The van der Waals surface area contributed by atoms with Gasteiger partial charge in [-0.15, -0.1) is 0 Å². The van der Waals surface area contributed by atoms with Crippen LogP contribution in [0.2, 0.25) is 0 Å². The van der Waals surface area contributed by atoms with E-state index in [9.17, 15) is 0 Å². The Morgan fingerprint density at radius 3 is 1.71 bits per heavy atom. The Kier molecular flexibility index (Phi) is 3.42. The second-order valence-corrected chi connectivity index (χ2v) is 8.57. The van der Waals surface area contributed by atoms with Crippen LogP contribution < -0.4 is 0 Å². The van der Waals surface area contributed by atoms with Gasteiger partial charge < -0.3 is 0 Å². The van der Waals surface area contributed by atoms with Crippen molar-refractivity contribution >= 4 is 39.2 Å². The molecule has 0 bridgehead atoms. The minimum absolute atomic E-state index is 1.47. The third-order valence-corrected chi connectivity index (χ3v) is 1.32. The van der Waals surface area contributed by atoms with Gasteiger partial charge >= 0.3 is 56.2 Å². The summed E-state index contributed by atoms with van der Waals surface area (Å²) >= 11 is 15.7. The van der Waals surface area contributed by atoms with E-state index in [0.29, 0.717) is 0 Å². The second kappa shape index (κ2) is 3.03. The number of nitrogens with zero attached hydrogens (tertiary/aromatic N) is 2. The molecule has 0 radical (unpaired) electrons. The van der Waals surface area contributed by atoms with E-state index >= 15 is 0 Å². The van der Waals surface area contributed by atoms with Crippen molar-refractivity contribution < 1.29 is 0 Å². The molecule has 0 heterocycles. The molecule has 0 saturated heterocycles. The van der Waals surface area contributed by atoms with Gasteiger partial charge in [0.15, 0.2) is 0 Å². The molecule has 7 heavy (non-hydrogen) atoms. The summed E-state index contributed by atoms with van der Waals surface area (Å²) in [6.45, 7) is 0. The Hall–Kier alpha value is 0.900. The van der Waals surface area contributed by atoms with E-state index in [1.165, 1.54) is 7.05 Å². The molecule has 0 fully saturated rings. The molecule has 0 aromatic carbocycles. The number of rotatable bonds is 1. The molecule has 6 heteroatoms. The van der Waals surface area contributed by atoms with Crippen molar-refractivity contribution in [2.45, 2.75) is 0 Å². The molecule has 0 aliphatic rings. The first-order valence-electron chi connectivity index (χ1n) is 1.44. The van der Waals surface area contributed by atoms with Crippen molar-refractivity contribution in [1.29, 1.82) is 0 Å². The molecule has 0 aliphatic carbocycles. The van der Waals surface area contributed by atoms with Crippen molar-refractivity contribution in [3.8, 4) is 0 Å². The van der Waals surface area contributed by atoms with Crippen LogP contribution in [0.5, 0.6) is 0 Å². The first-order chi connectivity index (χ1) is 3.06. The molecule has 2 nitrogen and oxygen atoms in total. The monoisotopic (exact) mass is 180 g/mol. The summed E-state index contributed by atoms with van der Waals surface area (Å²) in [4.78, 5) is 3.32. The average molecular weight is 181 g/mol. The molecular weight excluding hydrogens is 177 g/mol. The van der Waals surface area contributed by atoms with Crippen LogP contribution in [0.1, 0.15) is 0 Å². The van der Waals surface area contributed by atoms with Crippen LogP contribution in [0, 0.1) is 0 Å². The first-order valence-corrected chi connectivity index (χ1v) is 6.42. The summed E-state index contributed by atoms with van der Waals surface area (Å²) in [7, 11) is 1.47. The summed E-state index contributed by atoms with van der Waals surface area (Å²) in [5, 5.41) is 3.30. The molecular formula is CH4Cl3N2P. The van der Waals surface area contributed by atoms with Crippen LogP contribution in [-0.4, -0.2) is 7.05 Å². The van der Waals surface area contributed by atoms with E-state index in [4.69, 9.17) is 33.7 Å². The fourth-order valence-corrected chi connectivity index (χ4v) is 1.02. The third-order valence-electron chi connectivity index (χ3n) is 0.213. The number of halogens is 3. The number of hydrogen-bond acceptors (Lipinski definition) is 2. The molecule has 0 aromatic rings. The Morgan fingerprint density at radius 2 is 1.71 bits per heavy atom. The van der Waals surface area contributed by atoms with Crippen LogP contribution >= 0.6 is 39.2 Å². The Balaban J connectivity index is 3.56. The standard InChI is InChI=1S/CH4Cl3N2P/c1-5-6-7(2,3)4/h7H,1H3. The molecule has 0 N–H and O–H groups in total. The first kappa shape index (κ1) is 7.90. The molecule has 0 aromatic heterocycles. The van der Waals surface area contributed by atoms with Crippen LogP contribution in [-0.2, 0) is 0 Å². The molecule has 0 aliphatic heterocycles. The van der Waals surface area contributed by atoms with Gasteiger partial charge in [-0.3, -0.25) is 0 Å². The van der Waals surface area contributed by atoms with E-state index in [1.807, 2.05) is 0 Å². The van der Waals surface area contributed by atoms with Crippen LogP contribution in [0.3, 0.4) is 0 Å². The van der Waals surface area contributed by atoms with Gasteiger partial charge in [-0.05, 0) is 0 Å². The zero-order valence-electron chi connectivity index (χ0n) is 3.53. The molecule has 0 rings (SSSR count).